The van der Waals surface area contributed by atoms with E-state index < -0.39 is 0 Å². The molecule has 0 aliphatic heterocycles. The normalized spacial score (nSPS) is 12.1. The Bertz CT molecular complexity index is 522. The smallest absolute Gasteiger partial charge is 0.218 e. The van der Waals surface area contributed by atoms with Crippen LogP contribution in [-0.4, -0.2) is 15.9 Å². The summed E-state index contributed by atoms with van der Waals surface area (Å²) in [6.07, 6.45) is 3.64. The number of hydrogen-bond acceptors (Lipinski definition) is 3. The Morgan fingerprint density at radius 3 is 2.50 bits per heavy atom. The van der Waals surface area contributed by atoms with Crippen molar-refractivity contribution in [1.82, 2.24) is 9.97 Å². The fraction of sp³-hybridized carbons (Fsp3) is 0.214. The van der Waals surface area contributed by atoms with E-state index in [0.29, 0.717) is 0 Å². The number of nitrogens with two attached hydrogens (primary N) is 1. The molecule has 1 aromatic heterocycles. The van der Waals surface area contributed by atoms with Gasteiger partial charge in [-0.3, -0.25) is 14.8 Å². The molecule has 0 aliphatic rings. The summed E-state index contributed by atoms with van der Waals surface area (Å²) in [6.45, 7) is 1.88. The first kappa shape index (κ1) is 12.2. The first-order valence-electron chi connectivity index (χ1n) is 5.78. The summed E-state index contributed by atoms with van der Waals surface area (Å²) in [5.41, 5.74) is 7.95. The molecule has 92 valence electrons. The van der Waals surface area contributed by atoms with Crippen LogP contribution in [0.2, 0.25) is 0 Å². The van der Waals surface area contributed by atoms with Crippen LogP contribution in [0.25, 0.3) is 0 Å². The Hall–Kier alpha value is -2.23. The largest absolute Gasteiger partial charge is 0.370 e. The van der Waals surface area contributed by atoms with Gasteiger partial charge in [0.15, 0.2) is 0 Å². The van der Waals surface area contributed by atoms with Gasteiger partial charge in [-0.2, -0.15) is 0 Å². The molecule has 2 aromatic rings. The zero-order valence-corrected chi connectivity index (χ0v) is 10.2. The van der Waals surface area contributed by atoms with E-state index in [1.165, 1.54) is 0 Å². The van der Waals surface area contributed by atoms with Crippen molar-refractivity contribution in [1.29, 1.82) is 0 Å². The van der Waals surface area contributed by atoms with Crippen molar-refractivity contribution < 1.29 is 4.79 Å². The molecular weight excluding hydrogens is 226 g/mol. The molecule has 18 heavy (non-hydrogen) atoms. The van der Waals surface area contributed by atoms with Gasteiger partial charge in [0.05, 0.1) is 11.4 Å². The average Bonchev–Trinajstić information content (AvgIpc) is 2.38. The monoisotopic (exact) mass is 241 g/mol. The summed E-state index contributed by atoms with van der Waals surface area (Å²) >= 11 is 0. The minimum Gasteiger partial charge on any atom is -0.370 e. The van der Waals surface area contributed by atoms with Crippen molar-refractivity contribution in [2.75, 3.05) is 0 Å². The summed E-state index contributed by atoms with van der Waals surface area (Å²) < 4.78 is 0. The lowest BCUT2D eigenvalue weighted by atomic mass is 9.92. The average molecular weight is 241 g/mol. The van der Waals surface area contributed by atoms with Gasteiger partial charge in [-0.05, 0) is 12.5 Å². The zero-order valence-electron chi connectivity index (χ0n) is 10.2. The van der Waals surface area contributed by atoms with E-state index in [-0.39, 0.29) is 18.2 Å². The van der Waals surface area contributed by atoms with E-state index in [2.05, 4.69) is 9.97 Å². The first-order valence-corrected chi connectivity index (χ1v) is 5.78. The van der Waals surface area contributed by atoms with Crippen molar-refractivity contribution in [2.45, 2.75) is 19.3 Å². The molecule has 0 fully saturated rings. The summed E-state index contributed by atoms with van der Waals surface area (Å²) in [4.78, 5) is 19.8. The lowest BCUT2D eigenvalue weighted by Crippen LogP contribution is -2.17. The third-order valence-electron chi connectivity index (χ3n) is 2.77. The minimum absolute atomic E-state index is 0.128. The predicted octanol–water partition coefficient (Wildman–Crippen LogP) is 1.79. The molecule has 2 rings (SSSR count). The SMILES string of the molecule is Cc1cnc(C(CC(N)=O)c2ccccc2)cn1. The van der Waals surface area contributed by atoms with Crippen molar-refractivity contribution in [3.05, 3.63) is 59.7 Å². The van der Waals surface area contributed by atoms with Gasteiger partial charge in [-0.15, -0.1) is 0 Å². The van der Waals surface area contributed by atoms with E-state index in [1.807, 2.05) is 37.3 Å². The number of aromatic nitrogens is 2. The van der Waals surface area contributed by atoms with E-state index >= 15 is 0 Å². The summed E-state index contributed by atoms with van der Waals surface area (Å²) in [5, 5.41) is 0. The van der Waals surface area contributed by atoms with E-state index in [1.54, 1.807) is 12.4 Å². The fourth-order valence-electron chi connectivity index (χ4n) is 1.86. The summed E-state index contributed by atoms with van der Waals surface area (Å²) in [5.74, 6) is -0.469. The third-order valence-corrected chi connectivity index (χ3v) is 2.77. The first-order chi connectivity index (χ1) is 8.66. The summed E-state index contributed by atoms with van der Waals surface area (Å²) in [7, 11) is 0. The van der Waals surface area contributed by atoms with Gasteiger partial charge in [0, 0.05) is 24.7 Å². The van der Waals surface area contributed by atoms with Crippen LogP contribution in [0.15, 0.2) is 42.7 Å². The highest BCUT2D eigenvalue weighted by Crippen LogP contribution is 2.25. The number of aryl methyl sites for hydroxylation is 1. The molecule has 4 heteroatoms. The van der Waals surface area contributed by atoms with Gasteiger partial charge < -0.3 is 5.73 Å². The zero-order chi connectivity index (χ0) is 13.0. The second-order valence-corrected chi connectivity index (χ2v) is 4.22. The molecule has 0 bridgehead atoms. The molecule has 1 aromatic carbocycles. The van der Waals surface area contributed by atoms with Gasteiger partial charge in [0.2, 0.25) is 5.91 Å². The predicted molar refractivity (Wildman–Crippen MR) is 68.9 cm³/mol. The Balaban J connectivity index is 2.36. The van der Waals surface area contributed by atoms with Crippen LogP contribution in [0.4, 0.5) is 0 Å². The van der Waals surface area contributed by atoms with Crippen molar-refractivity contribution >= 4 is 5.91 Å². The maximum absolute atomic E-state index is 11.2. The molecule has 0 saturated carbocycles. The maximum atomic E-state index is 11.2. The number of nitrogens with zero attached hydrogens (tertiary/aromatic N) is 2. The van der Waals surface area contributed by atoms with Crippen LogP contribution in [-0.2, 0) is 4.79 Å². The van der Waals surface area contributed by atoms with Crippen LogP contribution >= 0.6 is 0 Å². The number of carbonyl (C=O) groups is 1. The number of rotatable bonds is 4. The van der Waals surface area contributed by atoms with Crippen molar-refractivity contribution in [3.8, 4) is 0 Å². The van der Waals surface area contributed by atoms with Crippen molar-refractivity contribution in [2.24, 2.45) is 5.73 Å². The van der Waals surface area contributed by atoms with E-state index in [0.717, 1.165) is 17.0 Å². The molecule has 4 nitrogen and oxygen atoms in total. The Morgan fingerprint density at radius 2 is 1.94 bits per heavy atom. The number of amides is 1. The number of primary amides is 1. The quantitative estimate of drug-likeness (QED) is 0.887. The lowest BCUT2D eigenvalue weighted by Gasteiger charge is -2.14. The lowest BCUT2D eigenvalue weighted by molar-refractivity contribution is -0.118. The molecule has 0 aliphatic carbocycles. The fourth-order valence-corrected chi connectivity index (χ4v) is 1.86. The molecule has 0 spiro atoms. The highest BCUT2D eigenvalue weighted by Gasteiger charge is 2.18. The Labute approximate surface area is 106 Å². The molecule has 1 atom stereocenters. The minimum atomic E-state index is -0.341. The third kappa shape index (κ3) is 2.91. The highest BCUT2D eigenvalue weighted by molar-refractivity contribution is 5.75. The van der Waals surface area contributed by atoms with Gasteiger partial charge in [0.1, 0.15) is 0 Å². The van der Waals surface area contributed by atoms with Gasteiger partial charge in [-0.25, -0.2) is 0 Å². The second kappa shape index (κ2) is 5.40. The Morgan fingerprint density at radius 1 is 1.22 bits per heavy atom. The molecule has 2 N–H and O–H groups in total. The molecule has 0 saturated heterocycles. The van der Waals surface area contributed by atoms with E-state index in [9.17, 15) is 4.79 Å². The van der Waals surface area contributed by atoms with E-state index in [4.69, 9.17) is 5.73 Å². The molecule has 1 heterocycles. The number of carbonyl (C=O) groups excluding carboxylic acids is 1. The van der Waals surface area contributed by atoms with Crippen LogP contribution in [0.5, 0.6) is 0 Å². The van der Waals surface area contributed by atoms with Crippen molar-refractivity contribution in [3.63, 3.8) is 0 Å². The van der Waals surface area contributed by atoms with Gasteiger partial charge in [-0.1, -0.05) is 30.3 Å². The number of benzene rings is 1. The molecule has 1 unspecified atom stereocenters. The highest BCUT2D eigenvalue weighted by atomic mass is 16.1. The molecule has 0 radical (unpaired) electrons. The molecular formula is C14H15N3O. The van der Waals surface area contributed by atoms with Gasteiger partial charge >= 0.3 is 0 Å². The maximum Gasteiger partial charge on any atom is 0.218 e. The Kier molecular flexibility index (Phi) is 3.67. The van der Waals surface area contributed by atoms with Crippen LogP contribution in [0.3, 0.4) is 0 Å². The number of hydrogen-bond donors (Lipinski definition) is 1. The van der Waals surface area contributed by atoms with Crippen LogP contribution in [0, 0.1) is 6.92 Å². The van der Waals surface area contributed by atoms with Crippen LogP contribution in [0.1, 0.15) is 29.3 Å². The van der Waals surface area contributed by atoms with Gasteiger partial charge in [0.25, 0.3) is 0 Å². The van der Waals surface area contributed by atoms with Crippen LogP contribution < -0.4 is 5.73 Å². The topological polar surface area (TPSA) is 68.9 Å². The molecule has 1 amide bonds. The second-order valence-electron chi connectivity index (χ2n) is 4.22. The standard InChI is InChI=1S/C14H15N3O/c1-10-8-17-13(9-16-10)12(7-14(15)18)11-5-3-2-4-6-11/h2-6,8-9,12H,7H2,1H3,(H2,15,18). The summed E-state index contributed by atoms with van der Waals surface area (Å²) in [6, 6.07) is 9.74.